The second kappa shape index (κ2) is 7.69. The molecule has 5 rings (SSSR count). The Balaban J connectivity index is 0.00000144. The summed E-state index contributed by atoms with van der Waals surface area (Å²) in [5.74, 6) is 0.789. The highest BCUT2D eigenvalue weighted by Gasteiger charge is 2.25. The number of pyridine rings is 1. The minimum Gasteiger partial charge on any atom is -0.352 e. The second-order valence-corrected chi connectivity index (χ2v) is 8.46. The van der Waals surface area contributed by atoms with E-state index in [0.29, 0.717) is 12.4 Å². The molecule has 0 spiro atoms. The molecule has 1 aliphatic carbocycles. The molecule has 0 atom stereocenters. The molecular formula is C24H30N4O2. The Labute approximate surface area is 179 Å². The third-order valence-electron chi connectivity index (χ3n) is 6.45. The average molecular weight is 407 g/mol. The molecular weight excluding hydrogens is 376 g/mol. The van der Waals surface area contributed by atoms with Gasteiger partial charge in [-0.3, -0.25) is 9.59 Å². The number of hydrogen-bond donors (Lipinski definition) is 2. The van der Waals surface area contributed by atoms with Crippen molar-refractivity contribution < 1.29 is 12.4 Å². The number of benzene rings is 1. The third kappa shape index (κ3) is 3.52. The zero-order valence-electron chi connectivity index (χ0n) is 17.2. The van der Waals surface area contributed by atoms with E-state index < -0.39 is 0 Å². The molecule has 3 heterocycles. The first-order valence-electron chi connectivity index (χ1n) is 10.7. The largest absolute Gasteiger partial charge is 0.352 e. The maximum atomic E-state index is 12.6. The molecule has 0 unspecified atom stereocenters. The van der Waals surface area contributed by atoms with Crippen molar-refractivity contribution in [2.24, 2.45) is 5.92 Å². The topological polar surface area (TPSA) is 74.3 Å². The number of nitrogens with one attached hydrogen (secondary N) is 2. The van der Waals surface area contributed by atoms with Crippen LogP contribution in [0.3, 0.4) is 0 Å². The Morgan fingerprint density at radius 3 is 2.83 bits per heavy atom. The van der Waals surface area contributed by atoms with Crippen LogP contribution >= 0.6 is 0 Å². The minimum absolute atomic E-state index is 0. The molecule has 1 saturated heterocycles. The minimum atomic E-state index is 0. The lowest BCUT2D eigenvalue weighted by molar-refractivity contribution is -0.121. The number of carbonyl (C=O) groups is 2. The summed E-state index contributed by atoms with van der Waals surface area (Å²) in [6, 6.07) is 10.0. The van der Waals surface area contributed by atoms with Gasteiger partial charge in [-0.2, -0.15) is 0 Å². The smallest absolute Gasteiger partial charge is 0.251 e. The van der Waals surface area contributed by atoms with E-state index in [-0.39, 0.29) is 20.6 Å². The van der Waals surface area contributed by atoms with Crippen molar-refractivity contribution in [3.8, 4) is 0 Å². The van der Waals surface area contributed by atoms with Crippen molar-refractivity contribution in [2.45, 2.75) is 25.7 Å². The first kappa shape index (κ1) is 19.0. The second-order valence-electron chi connectivity index (χ2n) is 8.46. The molecule has 0 bridgehead atoms. The van der Waals surface area contributed by atoms with Crippen molar-refractivity contribution in [2.75, 3.05) is 32.0 Å². The lowest BCUT2D eigenvalue weighted by Crippen LogP contribution is -2.36. The normalized spacial score (nSPS) is 19.0. The molecule has 2 aliphatic heterocycles. The summed E-state index contributed by atoms with van der Waals surface area (Å²) in [7, 11) is 2.10. The molecule has 158 valence electrons. The van der Waals surface area contributed by atoms with Gasteiger partial charge < -0.3 is 15.5 Å². The van der Waals surface area contributed by atoms with Gasteiger partial charge in [0.15, 0.2) is 0 Å². The quantitative estimate of drug-likeness (QED) is 0.821. The predicted octanol–water partition coefficient (Wildman–Crippen LogP) is 3.13. The number of hydrogen-bond acceptors (Lipinski definition) is 4. The number of piperidine rings is 1. The molecule has 2 amide bonds. The van der Waals surface area contributed by atoms with Crippen molar-refractivity contribution in [1.82, 2.24) is 15.2 Å². The van der Waals surface area contributed by atoms with Crippen molar-refractivity contribution in [1.29, 1.82) is 0 Å². The zero-order valence-corrected chi connectivity index (χ0v) is 17.2. The molecule has 6 nitrogen and oxygen atoms in total. The number of anilines is 1. The van der Waals surface area contributed by atoms with Gasteiger partial charge in [0.05, 0.1) is 5.69 Å². The van der Waals surface area contributed by atoms with E-state index in [1.807, 2.05) is 18.2 Å². The first-order chi connectivity index (χ1) is 14.6. The van der Waals surface area contributed by atoms with Gasteiger partial charge >= 0.3 is 0 Å². The summed E-state index contributed by atoms with van der Waals surface area (Å²) in [6.45, 7) is 2.61. The van der Waals surface area contributed by atoms with Crippen LogP contribution in [-0.4, -0.2) is 48.4 Å². The molecule has 30 heavy (non-hydrogen) atoms. The summed E-state index contributed by atoms with van der Waals surface area (Å²) in [5.41, 5.74) is 6.23. The fraction of sp³-hybridized carbons (Fsp3) is 0.375. The van der Waals surface area contributed by atoms with Crippen molar-refractivity contribution in [3.05, 3.63) is 64.4 Å². The summed E-state index contributed by atoms with van der Waals surface area (Å²) in [6.07, 6.45) is 5.59. The molecule has 3 aliphatic rings. The highest BCUT2D eigenvalue weighted by Crippen LogP contribution is 2.34. The molecule has 1 aromatic heterocycles. The van der Waals surface area contributed by atoms with E-state index in [1.54, 1.807) is 0 Å². The standard InChI is InChI=1S/C24H26N4O2.2H2/c1-28-12-9-15(10-13-28)23(29)27-22-7-5-20-18(4-6-21(20)26-22)16-2-3-19-17(14-16)8-11-25-24(19)30;;/h2-5,7,14-15H,6,8-13H2,1H3,(H,25,30)(H,26,27,29);2*1H. The van der Waals surface area contributed by atoms with Gasteiger partial charge in [0.1, 0.15) is 5.82 Å². The van der Waals surface area contributed by atoms with Crippen LogP contribution in [0.2, 0.25) is 0 Å². The molecule has 2 N–H and O–H groups in total. The molecule has 0 saturated carbocycles. The van der Waals surface area contributed by atoms with Crippen molar-refractivity contribution >= 4 is 23.2 Å². The summed E-state index contributed by atoms with van der Waals surface area (Å²) >= 11 is 0. The van der Waals surface area contributed by atoms with Gasteiger partial charge in [-0.25, -0.2) is 4.98 Å². The lowest BCUT2D eigenvalue weighted by Gasteiger charge is -2.27. The van der Waals surface area contributed by atoms with Crippen LogP contribution < -0.4 is 10.6 Å². The lowest BCUT2D eigenvalue weighted by atomic mass is 9.93. The summed E-state index contributed by atoms with van der Waals surface area (Å²) < 4.78 is 0. The number of rotatable bonds is 3. The number of allylic oxidation sites excluding steroid dienone is 1. The Hall–Kier alpha value is -2.99. The first-order valence-corrected chi connectivity index (χ1v) is 10.7. The van der Waals surface area contributed by atoms with Crippen LogP contribution in [0.25, 0.3) is 5.57 Å². The Morgan fingerprint density at radius 2 is 2.00 bits per heavy atom. The van der Waals surface area contributed by atoms with Gasteiger partial charge in [-0.05, 0) is 74.3 Å². The van der Waals surface area contributed by atoms with Crippen LogP contribution in [0.5, 0.6) is 0 Å². The molecule has 1 aromatic carbocycles. The van der Waals surface area contributed by atoms with Crippen LogP contribution in [0.4, 0.5) is 5.82 Å². The number of carbonyl (C=O) groups excluding carboxylic acids is 2. The van der Waals surface area contributed by atoms with E-state index in [0.717, 1.165) is 72.3 Å². The molecule has 1 fully saturated rings. The van der Waals surface area contributed by atoms with Gasteiger partial charge in [-0.15, -0.1) is 0 Å². The van der Waals surface area contributed by atoms with E-state index >= 15 is 0 Å². The fourth-order valence-electron chi connectivity index (χ4n) is 4.65. The van der Waals surface area contributed by atoms with Crippen LogP contribution in [0.1, 0.15) is 48.4 Å². The van der Waals surface area contributed by atoms with Crippen molar-refractivity contribution in [3.63, 3.8) is 0 Å². The van der Waals surface area contributed by atoms with Gasteiger partial charge in [-0.1, -0.05) is 18.2 Å². The Bertz CT molecular complexity index is 1060. The number of amides is 2. The van der Waals surface area contributed by atoms with E-state index in [2.05, 4.69) is 40.8 Å². The Morgan fingerprint density at radius 1 is 1.20 bits per heavy atom. The molecule has 0 radical (unpaired) electrons. The average Bonchev–Trinajstić information content (AvgIpc) is 3.17. The van der Waals surface area contributed by atoms with Crippen LogP contribution in [0, 0.1) is 5.92 Å². The van der Waals surface area contributed by atoms with E-state index in [1.165, 1.54) is 0 Å². The SMILES string of the molecule is CN1CCC(C(=O)Nc2ccc3c(n2)CC=C3c2ccc3c(c2)CCNC3=O)CC1.[HH].[HH]. The zero-order chi connectivity index (χ0) is 20.7. The number of likely N-dealkylation sites (tertiary alicyclic amines) is 1. The maximum absolute atomic E-state index is 12.6. The van der Waals surface area contributed by atoms with Crippen LogP contribution in [0.15, 0.2) is 36.4 Å². The Kier molecular flexibility index (Phi) is 4.87. The highest BCUT2D eigenvalue weighted by atomic mass is 16.2. The number of nitrogens with zero attached hydrogens (tertiary/aromatic N) is 2. The molecule has 6 heteroatoms. The predicted molar refractivity (Wildman–Crippen MR) is 121 cm³/mol. The summed E-state index contributed by atoms with van der Waals surface area (Å²) in [4.78, 5) is 31.6. The van der Waals surface area contributed by atoms with Gasteiger partial charge in [0, 0.05) is 32.9 Å². The molecule has 2 aromatic rings. The number of fused-ring (bicyclic) bond motifs is 2. The van der Waals surface area contributed by atoms with Crippen LogP contribution in [-0.2, 0) is 17.6 Å². The fourth-order valence-corrected chi connectivity index (χ4v) is 4.65. The van der Waals surface area contributed by atoms with Gasteiger partial charge in [0.2, 0.25) is 5.91 Å². The highest BCUT2D eigenvalue weighted by molar-refractivity contribution is 5.97. The maximum Gasteiger partial charge on any atom is 0.251 e. The van der Waals surface area contributed by atoms with Gasteiger partial charge in [0.25, 0.3) is 5.91 Å². The van der Waals surface area contributed by atoms with E-state index in [4.69, 9.17) is 4.98 Å². The third-order valence-corrected chi connectivity index (χ3v) is 6.45. The number of aromatic nitrogens is 1. The van der Waals surface area contributed by atoms with E-state index in [9.17, 15) is 9.59 Å². The summed E-state index contributed by atoms with van der Waals surface area (Å²) in [5, 5.41) is 5.91. The monoisotopic (exact) mass is 406 g/mol.